The molecule has 3 aromatic rings. The Balaban J connectivity index is 2.04. The van der Waals surface area contributed by atoms with Crippen molar-refractivity contribution in [1.82, 2.24) is 14.9 Å². The molecule has 1 atom stereocenters. The molecular weight excluding hydrogens is 352 g/mol. The highest BCUT2D eigenvalue weighted by atomic mass is 16.5. The number of carbonyl (C=O) groups is 1. The summed E-state index contributed by atoms with van der Waals surface area (Å²) in [5, 5.41) is 0. The number of rotatable bonds is 9. The number of nitrogens with two attached hydrogens (primary N) is 1. The van der Waals surface area contributed by atoms with E-state index in [4.69, 9.17) is 10.5 Å². The van der Waals surface area contributed by atoms with Crippen LogP contribution in [0.2, 0.25) is 0 Å². The van der Waals surface area contributed by atoms with E-state index in [0.29, 0.717) is 13.2 Å². The maximum absolute atomic E-state index is 11.9. The molecule has 28 heavy (non-hydrogen) atoms. The number of primary amides is 1. The van der Waals surface area contributed by atoms with Crippen molar-refractivity contribution >= 4 is 5.91 Å². The van der Waals surface area contributed by atoms with Gasteiger partial charge in [0.05, 0.1) is 19.2 Å². The van der Waals surface area contributed by atoms with Crippen molar-refractivity contribution in [3.05, 3.63) is 90.0 Å². The van der Waals surface area contributed by atoms with Crippen LogP contribution in [0.5, 0.6) is 5.75 Å². The zero-order chi connectivity index (χ0) is 19.8. The minimum Gasteiger partial charge on any atom is -0.494 e. The highest BCUT2D eigenvalue weighted by molar-refractivity contribution is 5.76. The summed E-state index contributed by atoms with van der Waals surface area (Å²) in [6.45, 7) is 3.20. The van der Waals surface area contributed by atoms with Gasteiger partial charge in [0, 0.05) is 31.3 Å². The number of hydrogen-bond donors (Lipinski definition) is 1. The molecule has 0 saturated heterocycles. The molecule has 0 fully saturated rings. The third kappa shape index (κ3) is 5.14. The van der Waals surface area contributed by atoms with Crippen LogP contribution in [0, 0.1) is 0 Å². The standard InChI is InChI=1S/C22H24N4O2/c1-2-28-20-7-3-5-18(13-20)22(19-6-4-10-25-14-19)26(16-21(23)27)15-17-8-11-24-12-9-17/h3-14,22H,2,15-16H2,1H3,(H2,23,27). The van der Waals surface area contributed by atoms with E-state index >= 15 is 0 Å². The first-order valence-corrected chi connectivity index (χ1v) is 9.21. The molecule has 6 nitrogen and oxygen atoms in total. The molecular formula is C22H24N4O2. The van der Waals surface area contributed by atoms with Gasteiger partial charge in [-0.1, -0.05) is 18.2 Å². The molecule has 0 saturated carbocycles. The highest BCUT2D eigenvalue weighted by Crippen LogP contribution is 2.31. The van der Waals surface area contributed by atoms with E-state index in [1.54, 1.807) is 18.6 Å². The van der Waals surface area contributed by atoms with Crippen molar-refractivity contribution in [1.29, 1.82) is 0 Å². The van der Waals surface area contributed by atoms with Crippen LogP contribution in [0.1, 0.15) is 29.7 Å². The molecule has 0 bridgehead atoms. The Morgan fingerprint density at radius 2 is 1.86 bits per heavy atom. The van der Waals surface area contributed by atoms with Crippen molar-refractivity contribution in [3.63, 3.8) is 0 Å². The van der Waals surface area contributed by atoms with Crippen molar-refractivity contribution in [2.24, 2.45) is 5.73 Å². The Morgan fingerprint density at radius 1 is 1.07 bits per heavy atom. The fourth-order valence-electron chi connectivity index (χ4n) is 3.25. The maximum atomic E-state index is 11.9. The molecule has 6 heteroatoms. The largest absolute Gasteiger partial charge is 0.494 e. The summed E-state index contributed by atoms with van der Waals surface area (Å²) in [5.74, 6) is 0.403. The van der Waals surface area contributed by atoms with Crippen molar-refractivity contribution in [2.75, 3.05) is 13.2 Å². The minimum absolute atomic E-state index is 0.112. The Labute approximate surface area is 165 Å². The lowest BCUT2D eigenvalue weighted by atomic mass is 9.97. The van der Waals surface area contributed by atoms with Gasteiger partial charge in [-0.15, -0.1) is 0 Å². The molecule has 0 aliphatic rings. The topological polar surface area (TPSA) is 81.3 Å². The lowest BCUT2D eigenvalue weighted by Gasteiger charge is -2.31. The highest BCUT2D eigenvalue weighted by Gasteiger charge is 2.25. The molecule has 2 aromatic heterocycles. The first kappa shape index (κ1) is 19.5. The van der Waals surface area contributed by atoms with E-state index < -0.39 is 0 Å². The number of hydrogen-bond acceptors (Lipinski definition) is 5. The molecule has 0 radical (unpaired) electrons. The van der Waals surface area contributed by atoms with Gasteiger partial charge in [0.25, 0.3) is 0 Å². The Kier molecular flexibility index (Phi) is 6.70. The molecule has 0 aliphatic heterocycles. The van der Waals surface area contributed by atoms with Crippen molar-refractivity contribution in [3.8, 4) is 5.75 Å². The Bertz CT molecular complexity index is 887. The van der Waals surface area contributed by atoms with Crippen LogP contribution in [-0.2, 0) is 11.3 Å². The van der Waals surface area contributed by atoms with Crippen molar-refractivity contribution < 1.29 is 9.53 Å². The van der Waals surface area contributed by atoms with E-state index in [1.165, 1.54) is 0 Å². The molecule has 3 rings (SSSR count). The van der Waals surface area contributed by atoms with Gasteiger partial charge in [-0.05, 0) is 53.9 Å². The van der Waals surface area contributed by atoms with Crippen LogP contribution in [-0.4, -0.2) is 33.9 Å². The van der Waals surface area contributed by atoms with Gasteiger partial charge in [-0.25, -0.2) is 0 Å². The van der Waals surface area contributed by atoms with Crippen LogP contribution < -0.4 is 10.5 Å². The summed E-state index contributed by atoms with van der Waals surface area (Å²) >= 11 is 0. The van der Waals surface area contributed by atoms with Crippen LogP contribution in [0.3, 0.4) is 0 Å². The van der Waals surface area contributed by atoms with E-state index in [1.807, 2.05) is 66.6 Å². The second-order valence-electron chi connectivity index (χ2n) is 6.42. The fraction of sp³-hybridized carbons (Fsp3) is 0.227. The average Bonchev–Trinajstić information content (AvgIpc) is 2.70. The number of nitrogens with zero attached hydrogens (tertiary/aromatic N) is 3. The number of pyridine rings is 2. The average molecular weight is 376 g/mol. The Hall–Kier alpha value is -3.25. The number of aromatic nitrogens is 2. The zero-order valence-corrected chi connectivity index (χ0v) is 15.9. The molecule has 0 aliphatic carbocycles. The van der Waals surface area contributed by atoms with Crippen LogP contribution in [0.4, 0.5) is 0 Å². The van der Waals surface area contributed by atoms with Crippen LogP contribution in [0.25, 0.3) is 0 Å². The van der Waals surface area contributed by atoms with E-state index in [-0.39, 0.29) is 18.5 Å². The van der Waals surface area contributed by atoms with Gasteiger partial charge >= 0.3 is 0 Å². The lowest BCUT2D eigenvalue weighted by Crippen LogP contribution is -2.37. The summed E-state index contributed by atoms with van der Waals surface area (Å²) in [6.07, 6.45) is 7.04. The van der Waals surface area contributed by atoms with Gasteiger partial charge < -0.3 is 10.5 Å². The second-order valence-corrected chi connectivity index (χ2v) is 6.42. The number of carbonyl (C=O) groups excluding carboxylic acids is 1. The third-order valence-corrected chi connectivity index (χ3v) is 4.34. The van der Waals surface area contributed by atoms with Gasteiger partial charge in [-0.3, -0.25) is 19.7 Å². The molecule has 1 amide bonds. The van der Waals surface area contributed by atoms with Crippen LogP contribution >= 0.6 is 0 Å². The summed E-state index contributed by atoms with van der Waals surface area (Å²) in [5.41, 5.74) is 8.62. The normalized spacial score (nSPS) is 11.9. The first-order chi connectivity index (χ1) is 13.7. The number of amides is 1. The zero-order valence-electron chi connectivity index (χ0n) is 15.9. The lowest BCUT2D eigenvalue weighted by molar-refractivity contribution is -0.119. The quantitative estimate of drug-likeness (QED) is 0.621. The molecule has 0 spiro atoms. The second kappa shape index (κ2) is 9.62. The smallest absolute Gasteiger partial charge is 0.231 e. The van der Waals surface area contributed by atoms with Gasteiger partial charge in [0.15, 0.2) is 0 Å². The van der Waals surface area contributed by atoms with E-state index in [2.05, 4.69) is 9.97 Å². The number of benzene rings is 1. The first-order valence-electron chi connectivity index (χ1n) is 9.21. The third-order valence-electron chi connectivity index (χ3n) is 4.34. The summed E-state index contributed by atoms with van der Waals surface area (Å²) in [4.78, 5) is 22.3. The van der Waals surface area contributed by atoms with Gasteiger partial charge in [-0.2, -0.15) is 0 Å². The predicted octanol–water partition coefficient (Wildman–Crippen LogP) is 2.95. The summed E-state index contributed by atoms with van der Waals surface area (Å²) < 4.78 is 5.68. The van der Waals surface area contributed by atoms with Gasteiger partial charge in [0.1, 0.15) is 5.75 Å². The molecule has 2 heterocycles. The Morgan fingerprint density at radius 3 is 2.54 bits per heavy atom. The summed E-state index contributed by atoms with van der Waals surface area (Å²) in [6, 6.07) is 15.5. The van der Waals surface area contributed by atoms with E-state index in [0.717, 1.165) is 22.4 Å². The SMILES string of the molecule is CCOc1cccc(C(c2cccnc2)N(CC(N)=O)Cc2ccncc2)c1. The number of ether oxygens (including phenoxy) is 1. The van der Waals surface area contributed by atoms with Gasteiger partial charge in [0.2, 0.25) is 5.91 Å². The molecule has 2 N–H and O–H groups in total. The van der Waals surface area contributed by atoms with Crippen LogP contribution in [0.15, 0.2) is 73.3 Å². The van der Waals surface area contributed by atoms with Crippen molar-refractivity contribution in [2.45, 2.75) is 19.5 Å². The molecule has 1 aromatic carbocycles. The summed E-state index contributed by atoms with van der Waals surface area (Å²) in [7, 11) is 0. The molecule has 144 valence electrons. The maximum Gasteiger partial charge on any atom is 0.231 e. The fourth-order valence-corrected chi connectivity index (χ4v) is 3.25. The van der Waals surface area contributed by atoms with E-state index in [9.17, 15) is 4.79 Å². The predicted molar refractivity (Wildman–Crippen MR) is 108 cm³/mol. The molecule has 1 unspecified atom stereocenters. The minimum atomic E-state index is -0.385. The monoisotopic (exact) mass is 376 g/mol.